The predicted molar refractivity (Wildman–Crippen MR) is 94.2 cm³/mol. The number of nitrogens with zero attached hydrogens (tertiary/aromatic N) is 1. The van der Waals surface area contributed by atoms with Crippen molar-refractivity contribution in [2.24, 2.45) is 0 Å². The Labute approximate surface area is 141 Å². The molecule has 5 heteroatoms. The molecule has 0 unspecified atom stereocenters. The maximum atomic E-state index is 5.93. The van der Waals surface area contributed by atoms with E-state index in [0.29, 0.717) is 0 Å². The highest BCUT2D eigenvalue weighted by Crippen LogP contribution is 2.25. The van der Waals surface area contributed by atoms with Crippen molar-refractivity contribution in [1.29, 1.82) is 0 Å². The Morgan fingerprint density at radius 1 is 1.19 bits per heavy atom. The quantitative estimate of drug-likeness (QED) is 0.626. The summed E-state index contributed by atoms with van der Waals surface area (Å²) in [5.74, 6) is 0. The van der Waals surface area contributed by atoms with Gasteiger partial charge in [-0.1, -0.05) is 39.7 Å². The summed E-state index contributed by atoms with van der Waals surface area (Å²) in [6.45, 7) is 1.75. The summed E-state index contributed by atoms with van der Waals surface area (Å²) in [6.07, 6.45) is 2.84. The van der Waals surface area contributed by atoms with Crippen LogP contribution in [0.15, 0.2) is 47.1 Å². The van der Waals surface area contributed by atoms with Crippen LogP contribution in [0.3, 0.4) is 0 Å². The predicted octanol–water partition coefficient (Wildman–Crippen LogP) is 5.04. The van der Waals surface area contributed by atoms with E-state index in [-0.39, 0.29) is 0 Å². The number of aromatic nitrogens is 1. The lowest BCUT2D eigenvalue weighted by atomic mass is 10.1. The number of hydrogen-bond donors (Lipinski definition) is 1. The molecule has 0 radical (unpaired) electrons. The summed E-state index contributed by atoms with van der Waals surface area (Å²) in [6, 6.07) is 12.3. The first kappa shape index (κ1) is 15.0. The van der Waals surface area contributed by atoms with Crippen LogP contribution < -0.4 is 5.32 Å². The SMILES string of the molecule is Clc1ccc(CCNCc2ccc(Br)c3cccnc23)s1. The largest absolute Gasteiger partial charge is 0.312 e. The average Bonchev–Trinajstić information content (AvgIpc) is 2.91. The Bertz CT molecular complexity index is 757. The molecule has 0 aliphatic heterocycles. The first-order chi connectivity index (χ1) is 10.2. The molecule has 0 saturated carbocycles. The van der Waals surface area contributed by atoms with Crippen LogP contribution >= 0.6 is 38.9 Å². The van der Waals surface area contributed by atoms with Gasteiger partial charge in [0.25, 0.3) is 0 Å². The molecular formula is C16H14BrClN2S. The molecule has 108 valence electrons. The number of benzene rings is 1. The van der Waals surface area contributed by atoms with E-state index >= 15 is 0 Å². The van der Waals surface area contributed by atoms with Crippen LogP contribution in [-0.2, 0) is 13.0 Å². The highest BCUT2D eigenvalue weighted by molar-refractivity contribution is 9.10. The fraction of sp³-hybridized carbons (Fsp3) is 0.188. The molecule has 2 aromatic heterocycles. The van der Waals surface area contributed by atoms with E-state index in [0.717, 1.165) is 39.2 Å². The zero-order valence-corrected chi connectivity index (χ0v) is 14.4. The van der Waals surface area contributed by atoms with Crippen molar-refractivity contribution in [2.75, 3.05) is 6.54 Å². The van der Waals surface area contributed by atoms with E-state index < -0.39 is 0 Å². The van der Waals surface area contributed by atoms with Gasteiger partial charge < -0.3 is 5.32 Å². The van der Waals surface area contributed by atoms with Gasteiger partial charge in [-0.15, -0.1) is 11.3 Å². The van der Waals surface area contributed by atoms with Crippen molar-refractivity contribution in [3.05, 3.63) is 61.8 Å². The van der Waals surface area contributed by atoms with Crippen LogP contribution in [0.5, 0.6) is 0 Å². The number of hydrogen-bond acceptors (Lipinski definition) is 3. The van der Waals surface area contributed by atoms with Crippen LogP contribution in [-0.4, -0.2) is 11.5 Å². The van der Waals surface area contributed by atoms with Gasteiger partial charge in [-0.25, -0.2) is 0 Å². The molecule has 0 saturated heterocycles. The molecule has 2 nitrogen and oxygen atoms in total. The standard InChI is InChI=1S/C16H14BrClN2S/c17-14-5-3-11(16-13(14)2-1-8-20-16)10-19-9-7-12-4-6-15(18)21-12/h1-6,8,19H,7,9-10H2. The number of halogens is 2. The van der Waals surface area contributed by atoms with Gasteiger partial charge in [0.15, 0.2) is 0 Å². The van der Waals surface area contributed by atoms with Crippen molar-refractivity contribution in [1.82, 2.24) is 10.3 Å². The van der Waals surface area contributed by atoms with Gasteiger partial charge in [-0.05, 0) is 36.2 Å². The highest BCUT2D eigenvalue weighted by atomic mass is 79.9. The molecule has 0 bridgehead atoms. The van der Waals surface area contributed by atoms with Crippen LogP contribution in [0.1, 0.15) is 10.4 Å². The Morgan fingerprint density at radius 3 is 2.90 bits per heavy atom. The van der Waals surface area contributed by atoms with Crippen molar-refractivity contribution in [3.63, 3.8) is 0 Å². The third-order valence-corrected chi connectivity index (χ3v) is 5.27. The Balaban J connectivity index is 1.64. The lowest BCUT2D eigenvalue weighted by molar-refractivity contribution is 0.693. The Morgan fingerprint density at radius 2 is 2.10 bits per heavy atom. The van der Waals surface area contributed by atoms with Gasteiger partial charge in [-0.2, -0.15) is 0 Å². The number of nitrogens with one attached hydrogen (secondary N) is 1. The second-order valence-electron chi connectivity index (χ2n) is 4.74. The fourth-order valence-electron chi connectivity index (χ4n) is 2.26. The summed E-state index contributed by atoms with van der Waals surface area (Å²) >= 11 is 11.2. The van der Waals surface area contributed by atoms with Gasteiger partial charge in [0.2, 0.25) is 0 Å². The average molecular weight is 382 g/mol. The molecule has 21 heavy (non-hydrogen) atoms. The molecule has 0 aliphatic carbocycles. The molecular weight excluding hydrogens is 368 g/mol. The Hall–Kier alpha value is -0.940. The first-order valence-electron chi connectivity index (χ1n) is 6.71. The third-order valence-electron chi connectivity index (χ3n) is 3.29. The van der Waals surface area contributed by atoms with E-state index in [2.05, 4.69) is 50.5 Å². The fourth-order valence-corrected chi connectivity index (χ4v) is 3.80. The zero-order chi connectivity index (χ0) is 14.7. The highest BCUT2D eigenvalue weighted by Gasteiger charge is 2.05. The molecule has 0 atom stereocenters. The van der Waals surface area contributed by atoms with Crippen LogP contribution in [0.4, 0.5) is 0 Å². The minimum atomic E-state index is 0.819. The molecule has 2 heterocycles. The summed E-state index contributed by atoms with van der Waals surface area (Å²) in [7, 11) is 0. The van der Waals surface area contributed by atoms with Gasteiger partial charge in [0, 0.05) is 34.0 Å². The van der Waals surface area contributed by atoms with E-state index in [1.54, 1.807) is 11.3 Å². The van der Waals surface area contributed by atoms with Gasteiger partial charge in [-0.3, -0.25) is 4.98 Å². The molecule has 0 amide bonds. The van der Waals surface area contributed by atoms with Crippen molar-refractivity contribution < 1.29 is 0 Å². The van der Waals surface area contributed by atoms with Crippen molar-refractivity contribution in [3.8, 4) is 0 Å². The number of rotatable bonds is 5. The molecule has 1 aromatic carbocycles. The van der Waals surface area contributed by atoms with E-state index in [4.69, 9.17) is 11.6 Å². The molecule has 0 fully saturated rings. The van der Waals surface area contributed by atoms with Gasteiger partial charge in [0.1, 0.15) is 0 Å². The number of fused-ring (bicyclic) bond motifs is 1. The van der Waals surface area contributed by atoms with Crippen LogP contribution in [0, 0.1) is 0 Å². The van der Waals surface area contributed by atoms with Crippen molar-refractivity contribution >= 4 is 49.8 Å². The minimum Gasteiger partial charge on any atom is -0.312 e. The molecule has 3 rings (SSSR count). The zero-order valence-electron chi connectivity index (χ0n) is 11.3. The monoisotopic (exact) mass is 380 g/mol. The first-order valence-corrected chi connectivity index (χ1v) is 8.70. The molecule has 1 N–H and O–H groups in total. The summed E-state index contributed by atoms with van der Waals surface area (Å²) in [4.78, 5) is 5.81. The van der Waals surface area contributed by atoms with Crippen LogP contribution in [0.25, 0.3) is 10.9 Å². The summed E-state index contributed by atoms with van der Waals surface area (Å²) < 4.78 is 1.94. The topological polar surface area (TPSA) is 24.9 Å². The molecule has 3 aromatic rings. The second kappa shape index (κ2) is 6.88. The third kappa shape index (κ3) is 3.64. The van der Waals surface area contributed by atoms with E-state index in [9.17, 15) is 0 Å². The maximum absolute atomic E-state index is 5.93. The lowest BCUT2D eigenvalue weighted by Gasteiger charge is -2.08. The van der Waals surface area contributed by atoms with E-state index in [1.165, 1.54) is 10.4 Å². The summed E-state index contributed by atoms with van der Waals surface area (Å²) in [5, 5.41) is 4.63. The van der Waals surface area contributed by atoms with Gasteiger partial charge >= 0.3 is 0 Å². The minimum absolute atomic E-state index is 0.819. The maximum Gasteiger partial charge on any atom is 0.0931 e. The van der Waals surface area contributed by atoms with Crippen LogP contribution in [0.2, 0.25) is 4.34 Å². The molecule has 0 spiro atoms. The smallest absolute Gasteiger partial charge is 0.0931 e. The number of thiophene rings is 1. The van der Waals surface area contributed by atoms with E-state index in [1.807, 2.05) is 18.3 Å². The normalized spacial score (nSPS) is 11.1. The molecule has 0 aliphatic rings. The number of pyridine rings is 1. The Kier molecular flexibility index (Phi) is 4.91. The summed E-state index contributed by atoms with van der Waals surface area (Å²) in [5.41, 5.74) is 2.27. The lowest BCUT2D eigenvalue weighted by Crippen LogP contribution is -2.16. The second-order valence-corrected chi connectivity index (χ2v) is 7.39. The van der Waals surface area contributed by atoms with Gasteiger partial charge in [0.05, 0.1) is 9.85 Å². The van der Waals surface area contributed by atoms with Crippen molar-refractivity contribution in [2.45, 2.75) is 13.0 Å².